The third-order valence-electron chi connectivity index (χ3n) is 2.25. The number of hydrogen-bond acceptors (Lipinski definition) is 5. The molecule has 0 fully saturated rings. The van der Waals surface area contributed by atoms with Gasteiger partial charge in [0, 0.05) is 5.69 Å². The van der Waals surface area contributed by atoms with Crippen LogP contribution in [0.3, 0.4) is 0 Å². The van der Waals surface area contributed by atoms with Crippen LogP contribution in [0.15, 0.2) is 28.9 Å². The number of esters is 1. The molecule has 6 heteroatoms. The third kappa shape index (κ3) is 2.70. The molecule has 1 heterocycles. The highest BCUT2D eigenvalue weighted by Crippen LogP contribution is 2.31. The fraction of sp³-hybridized carbons (Fsp3) is 0.167. The Morgan fingerprint density at radius 3 is 3.00 bits per heavy atom. The van der Waals surface area contributed by atoms with Crippen LogP contribution in [-0.2, 0) is 6.42 Å². The number of nitrogens with two attached hydrogens (primary N) is 1. The Morgan fingerprint density at radius 2 is 2.33 bits per heavy atom. The average molecular weight is 327 g/mol. The van der Waals surface area contributed by atoms with E-state index in [-0.39, 0.29) is 0 Å². The minimum atomic E-state index is -0.418. The second-order valence-corrected chi connectivity index (χ2v) is 5.43. The molecule has 0 amide bonds. The lowest BCUT2D eigenvalue weighted by Gasteiger charge is -2.06. The Morgan fingerprint density at radius 1 is 1.56 bits per heavy atom. The van der Waals surface area contributed by atoms with Crippen LogP contribution in [0.5, 0.6) is 5.75 Å². The lowest BCUT2D eigenvalue weighted by molar-refractivity contribution is 0.0738. The van der Waals surface area contributed by atoms with Gasteiger partial charge in [-0.25, -0.2) is 9.78 Å². The number of aromatic nitrogens is 1. The SMILES string of the molecule is CCc1ncc(C(=O)Oc2cccc(N)c2Br)s1. The number of benzene rings is 1. The molecule has 0 aliphatic heterocycles. The van der Waals surface area contributed by atoms with E-state index in [9.17, 15) is 4.79 Å². The van der Waals surface area contributed by atoms with Crippen molar-refractivity contribution in [1.82, 2.24) is 4.98 Å². The van der Waals surface area contributed by atoms with E-state index in [1.165, 1.54) is 17.5 Å². The van der Waals surface area contributed by atoms with E-state index in [0.717, 1.165) is 11.4 Å². The van der Waals surface area contributed by atoms with Crippen LogP contribution in [0.25, 0.3) is 0 Å². The van der Waals surface area contributed by atoms with Crippen LogP contribution in [0.1, 0.15) is 21.6 Å². The van der Waals surface area contributed by atoms with Crippen molar-refractivity contribution in [3.05, 3.63) is 38.8 Å². The number of ether oxygens (including phenoxy) is 1. The van der Waals surface area contributed by atoms with Crippen LogP contribution in [-0.4, -0.2) is 11.0 Å². The van der Waals surface area contributed by atoms with Gasteiger partial charge in [0.05, 0.1) is 15.7 Å². The number of hydrogen-bond donors (Lipinski definition) is 1. The normalized spacial score (nSPS) is 10.3. The molecule has 4 nitrogen and oxygen atoms in total. The van der Waals surface area contributed by atoms with Gasteiger partial charge in [0.15, 0.2) is 0 Å². The van der Waals surface area contributed by atoms with Gasteiger partial charge >= 0.3 is 5.97 Å². The van der Waals surface area contributed by atoms with Crippen molar-refractivity contribution in [3.8, 4) is 5.75 Å². The summed E-state index contributed by atoms with van der Waals surface area (Å²) in [4.78, 5) is 16.5. The summed E-state index contributed by atoms with van der Waals surface area (Å²) in [6, 6.07) is 5.14. The molecule has 0 spiro atoms. The minimum Gasteiger partial charge on any atom is -0.421 e. The van der Waals surface area contributed by atoms with Crippen molar-refractivity contribution in [2.75, 3.05) is 5.73 Å². The maximum Gasteiger partial charge on any atom is 0.355 e. The van der Waals surface area contributed by atoms with E-state index in [1.807, 2.05) is 6.92 Å². The zero-order valence-electron chi connectivity index (χ0n) is 9.64. The first-order valence-corrected chi connectivity index (χ1v) is 6.93. The zero-order valence-corrected chi connectivity index (χ0v) is 12.0. The summed E-state index contributed by atoms with van der Waals surface area (Å²) in [6.45, 7) is 1.99. The number of thiazole rings is 1. The van der Waals surface area contributed by atoms with Crippen LogP contribution >= 0.6 is 27.3 Å². The molecule has 0 radical (unpaired) electrons. The van der Waals surface area contributed by atoms with Crippen molar-refractivity contribution < 1.29 is 9.53 Å². The van der Waals surface area contributed by atoms with Crippen molar-refractivity contribution >= 4 is 38.9 Å². The summed E-state index contributed by atoms with van der Waals surface area (Å²) in [6.07, 6.45) is 2.34. The predicted molar refractivity (Wildman–Crippen MR) is 75.0 cm³/mol. The third-order valence-corrected chi connectivity index (χ3v) is 4.22. The van der Waals surface area contributed by atoms with Crippen LogP contribution < -0.4 is 10.5 Å². The average Bonchev–Trinajstić information content (AvgIpc) is 2.83. The lowest BCUT2D eigenvalue weighted by atomic mass is 10.3. The van der Waals surface area contributed by atoms with Crippen LogP contribution in [0.4, 0.5) is 5.69 Å². The molecule has 18 heavy (non-hydrogen) atoms. The summed E-state index contributed by atoms with van der Waals surface area (Å²) in [5.41, 5.74) is 6.24. The van der Waals surface area contributed by atoms with Crippen LogP contribution in [0, 0.1) is 0 Å². The van der Waals surface area contributed by atoms with Gasteiger partial charge in [-0.3, -0.25) is 0 Å². The molecule has 0 aliphatic rings. The van der Waals surface area contributed by atoms with E-state index >= 15 is 0 Å². The van der Waals surface area contributed by atoms with Crippen molar-refractivity contribution in [2.45, 2.75) is 13.3 Å². The minimum absolute atomic E-state index is 0.409. The summed E-state index contributed by atoms with van der Waals surface area (Å²) in [7, 11) is 0. The number of nitrogens with zero attached hydrogens (tertiary/aromatic N) is 1. The molecule has 94 valence electrons. The molecule has 0 atom stereocenters. The highest BCUT2D eigenvalue weighted by Gasteiger charge is 2.14. The number of anilines is 1. The Kier molecular flexibility index (Phi) is 3.98. The number of rotatable bonds is 3. The zero-order chi connectivity index (χ0) is 13.1. The molecule has 1 aromatic carbocycles. The van der Waals surface area contributed by atoms with Gasteiger partial charge in [-0.1, -0.05) is 13.0 Å². The fourth-order valence-electron chi connectivity index (χ4n) is 1.32. The van der Waals surface area contributed by atoms with Gasteiger partial charge in [0.25, 0.3) is 0 Å². The number of carbonyl (C=O) groups is 1. The van der Waals surface area contributed by atoms with Crippen LogP contribution in [0.2, 0.25) is 0 Å². The summed E-state index contributed by atoms with van der Waals surface area (Å²) in [5.74, 6) is -0.00931. The second-order valence-electron chi connectivity index (χ2n) is 3.52. The van der Waals surface area contributed by atoms with E-state index < -0.39 is 5.97 Å². The van der Waals surface area contributed by atoms with E-state index in [1.54, 1.807) is 18.2 Å². The topological polar surface area (TPSA) is 65.2 Å². The molecule has 0 saturated carbocycles. The van der Waals surface area contributed by atoms with E-state index in [2.05, 4.69) is 20.9 Å². The quantitative estimate of drug-likeness (QED) is 0.534. The maximum atomic E-state index is 11.9. The smallest absolute Gasteiger partial charge is 0.355 e. The molecular formula is C12H11BrN2O2S. The highest BCUT2D eigenvalue weighted by molar-refractivity contribution is 9.10. The number of aryl methyl sites for hydroxylation is 1. The molecule has 2 aromatic rings. The van der Waals surface area contributed by atoms with Gasteiger partial charge in [0.2, 0.25) is 0 Å². The van der Waals surface area contributed by atoms with Gasteiger partial charge in [-0.05, 0) is 34.5 Å². The van der Waals surface area contributed by atoms with Gasteiger partial charge < -0.3 is 10.5 Å². The standard InChI is InChI=1S/C12H11BrN2O2S/c1-2-10-15-6-9(18-10)12(16)17-8-5-3-4-7(14)11(8)13/h3-6H,2,14H2,1H3. The van der Waals surface area contributed by atoms with Gasteiger partial charge in [-0.2, -0.15) is 0 Å². The second kappa shape index (κ2) is 5.49. The number of halogens is 1. The summed E-state index contributed by atoms with van der Waals surface area (Å²) < 4.78 is 5.86. The molecule has 0 unspecified atom stereocenters. The van der Waals surface area contributed by atoms with Gasteiger partial charge in [-0.15, -0.1) is 11.3 Å². The first kappa shape index (κ1) is 13.0. The first-order chi connectivity index (χ1) is 8.61. The molecule has 0 saturated heterocycles. The Labute approximate surface area is 117 Å². The number of nitrogen functional groups attached to an aromatic ring is 1. The molecule has 0 aliphatic carbocycles. The Balaban J connectivity index is 2.18. The molecular weight excluding hydrogens is 316 g/mol. The molecule has 2 rings (SSSR count). The monoisotopic (exact) mass is 326 g/mol. The van der Waals surface area contributed by atoms with E-state index in [4.69, 9.17) is 10.5 Å². The van der Waals surface area contributed by atoms with Crippen molar-refractivity contribution in [2.24, 2.45) is 0 Å². The summed E-state index contributed by atoms with van der Waals surface area (Å²) >= 11 is 4.62. The lowest BCUT2D eigenvalue weighted by Crippen LogP contribution is -2.07. The fourth-order valence-corrected chi connectivity index (χ4v) is 2.40. The van der Waals surface area contributed by atoms with Crippen molar-refractivity contribution in [3.63, 3.8) is 0 Å². The van der Waals surface area contributed by atoms with Gasteiger partial charge in [0.1, 0.15) is 10.6 Å². The maximum absolute atomic E-state index is 11.9. The number of carbonyl (C=O) groups excluding carboxylic acids is 1. The molecule has 2 N–H and O–H groups in total. The van der Waals surface area contributed by atoms with Crippen molar-refractivity contribution in [1.29, 1.82) is 0 Å². The highest BCUT2D eigenvalue weighted by atomic mass is 79.9. The Bertz CT molecular complexity index is 583. The molecule has 1 aromatic heterocycles. The summed E-state index contributed by atoms with van der Waals surface area (Å²) in [5, 5.41) is 0.911. The molecule has 0 bridgehead atoms. The Hall–Kier alpha value is -1.40. The predicted octanol–water partition coefficient (Wildman–Crippen LogP) is 3.27. The first-order valence-electron chi connectivity index (χ1n) is 5.32. The van der Waals surface area contributed by atoms with E-state index in [0.29, 0.717) is 20.8 Å². The largest absolute Gasteiger partial charge is 0.421 e.